The van der Waals surface area contributed by atoms with Crippen molar-refractivity contribution in [2.24, 2.45) is 28.6 Å². The van der Waals surface area contributed by atoms with Gasteiger partial charge in [-0.15, -0.1) is 0 Å². The second-order valence-corrected chi connectivity index (χ2v) is 8.73. The van der Waals surface area contributed by atoms with E-state index in [2.05, 4.69) is 33.8 Å². The van der Waals surface area contributed by atoms with Crippen molar-refractivity contribution in [2.75, 3.05) is 0 Å². The van der Waals surface area contributed by atoms with Gasteiger partial charge in [0.1, 0.15) is 0 Å². The minimum atomic E-state index is -0.583. The molecule has 2 heteroatoms. The summed E-state index contributed by atoms with van der Waals surface area (Å²) in [5.41, 5.74) is 2.07. The number of allylic oxidation sites excluding steroid dienone is 3. The fourth-order valence-corrected chi connectivity index (χ4v) is 5.72. The van der Waals surface area contributed by atoms with E-state index in [9.17, 15) is 9.90 Å². The van der Waals surface area contributed by atoms with Crippen LogP contribution in [0.2, 0.25) is 0 Å². The minimum absolute atomic E-state index is 0.112. The molecule has 3 rings (SSSR count). The van der Waals surface area contributed by atoms with Crippen LogP contribution in [-0.2, 0) is 4.79 Å². The van der Waals surface area contributed by atoms with Crippen LogP contribution >= 0.6 is 0 Å². The molecule has 0 aromatic carbocycles. The average molecular weight is 302 g/mol. The third kappa shape index (κ3) is 2.40. The van der Waals surface area contributed by atoms with Crippen LogP contribution in [0.4, 0.5) is 0 Å². The van der Waals surface area contributed by atoms with Gasteiger partial charge in [0.15, 0.2) is 5.78 Å². The minimum Gasteiger partial charge on any atom is -0.388 e. The quantitative estimate of drug-likeness (QED) is 0.773. The summed E-state index contributed by atoms with van der Waals surface area (Å²) in [5, 5.41) is 10.1. The van der Waals surface area contributed by atoms with Crippen LogP contribution in [0.25, 0.3) is 0 Å². The van der Waals surface area contributed by atoms with Crippen LogP contribution in [0.1, 0.15) is 59.8 Å². The number of carbonyl (C=O) groups is 1. The zero-order valence-corrected chi connectivity index (χ0v) is 14.4. The topological polar surface area (TPSA) is 37.3 Å². The molecule has 5 atom stereocenters. The predicted molar refractivity (Wildman–Crippen MR) is 89.4 cm³/mol. The van der Waals surface area contributed by atoms with Crippen LogP contribution in [0.5, 0.6) is 0 Å². The van der Waals surface area contributed by atoms with E-state index in [0.29, 0.717) is 17.3 Å². The Labute approximate surface area is 134 Å². The van der Waals surface area contributed by atoms with E-state index in [0.717, 1.165) is 6.42 Å². The van der Waals surface area contributed by atoms with E-state index in [1.165, 1.54) is 31.3 Å². The molecule has 3 aliphatic rings. The number of aliphatic hydroxyl groups excluding tert-OH is 1. The molecule has 22 heavy (non-hydrogen) atoms. The summed E-state index contributed by atoms with van der Waals surface area (Å²) < 4.78 is 0. The van der Waals surface area contributed by atoms with E-state index >= 15 is 0 Å². The molecule has 3 aliphatic carbocycles. The number of fused-ring (bicyclic) bond motifs is 1. The van der Waals surface area contributed by atoms with Gasteiger partial charge in [0.05, 0.1) is 12.0 Å². The summed E-state index contributed by atoms with van der Waals surface area (Å²) in [6, 6.07) is 0. The molecule has 0 aromatic heterocycles. The number of hydrogen-bond donors (Lipinski definition) is 1. The monoisotopic (exact) mass is 302 g/mol. The Morgan fingerprint density at radius 2 is 2.00 bits per heavy atom. The Balaban J connectivity index is 1.90. The highest BCUT2D eigenvalue weighted by Crippen LogP contribution is 2.60. The van der Waals surface area contributed by atoms with Crippen molar-refractivity contribution in [1.29, 1.82) is 0 Å². The third-order valence-corrected chi connectivity index (χ3v) is 7.02. The normalized spacial score (nSPS) is 43.9. The summed E-state index contributed by atoms with van der Waals surface area (Å²) in [5.74, 6) is 0.994. The van der Waals surface area contributed by atoms with Gasteiger partial charge in [0.25, 0.3) is 0 Å². The Morgan fingerprint density at radius 1 is 1.27 bits per heavy atom. The van der Waals surface area contributed by atoms with Gasteiger partial charge in [-0.1, -0.05) is 44.9 Å². The molecular weight excluding hydrogens is 272 g/mol. The van der Waals surface area contributed by atoms with Crippen LogP contribution in [0, 0.1) is 28.6 Å². The van der Waals surface area contributed by atoms with Crippen molar-refractivity contribution in [3.05, 3.63) is 23.8 Å². The molecule has 1 saturated carbocycles. The maximum absolute atomic E-state index is 12.1. The van der Waals surface area contributed by atoms with Crippen molar-refractivity contribution >= 4 is 5.78 Å². The van der Waals surface area contributed by atoms with E-state index in [-0.39, 0.29) is 17.1 Å². The molecule has 2 nitrogen and oxygen atoms in total. The highest BCUT2D eigenvalue weighted by Gasteiger charge is 2.52. The molecule has 0 aliphatic heterocycles. The number of hydrogen-bond acceptors (Lipinski definition) is 2. The smallest absolute Gasteiger partial charge is 0.161 e. The Kier molecular flexibility index (Phi) is 3.87. The van der Waals surface area contributed by atoms with Gasteiger partial charge in [-0.2, -0.15) is 0 Å². The van der Waals surface area contributed by atoms with Crippen LogP contribution < -0.4 is 0 Å². The Morgan fingerprint density at radius 3 is 2.64 bits per heavy atom. The van der Waals surface area contributed by atoms with Gasteiger partial charge >= 0.3 is 0 Å². The van der Waals surface area contributed by atoms with Crippen molar-refractivity contribution in [3.63, 3.8) is 0 Å². The molecule has 0 saturated heterocycles. The first-order valence-electron chi connectivity index (χ1n) is 8.82. The molecular formula is C20H30O2. The summed E-state index contributed by atoms with van der Waals surface area (Å²) in [7, 11) is 0. The van der Waals surface area contributed by atoms with Crippen LogP contribution in [0.15, 0.2) is 23.8 Å². The average Bonchev–Trinajstić information content (AvgIpc) is 2.73. The maximum Gasteiger partial charge on any atom is 0.161 e. The SMILES string of the molecule is CC1=CC[C@H]2C(C)(C)CCC[C@@]2(C)[C@H]1C[C@H]1C(=O)C=C[C@H]1O. The molecule has 0 unspecified atom stereocenters. The lowest BCUT2D eigenvalue weighted by Gasteiger charge is -2.57. The lowest BCUT2D eigenvalue weighted by atomic mass is 9.48. The standard InChI is InChI=1S/C20H30O2/c1-13-6-9-18-19(2,3)10-5-11-20(18,4)15(13)12-14-16(21)7-8-17(14)22/h6-8,14-16,18,21H,5,9-12H2,1-4H3/t14-,15+,16-,18+,20+/m1/s1. The third-order valence-electron chi connectivity index (χ3n) is 7.02. The first-order chi connectivity index (χ1) is 10.3. The Hall–Kier alpha value is -0.890. The number of carbonyl (C=O) groups excluding carboxylic acids is 1. The lowest BCUT2D eigenvalue weighted by Crippen LogP contribution is -2.49. The lowest BCUT2D eigenvalue weighted by molar-refractivity contribution is -0.121. The fourth-order valence-electron chi connectivity index (χ4n) is 5.72. The van der Waals surface area contributed by atoms with Crippen molar-refractivity contribution in [3.8, 4) is 0 Å². The molecule has 1 fully saturated rings. The zero-order valence-electron chi connectivity index (χ0n) is 14.4. The largest absolute Gasteiger partial charge is 0.388 e. The van der Waals surface area contributed by atoms with Gasteiger partial charge in [-0.05, 0) is 61.3 Å². The zero-order chi connectivity index (χ0) is 16.1. The van der Waals surface area contributed by atoms with Gasteiger partial charge in [-0.25, -0.2) is 0 Å². The van der Waals surface area contributed by atoms with Crippen molar-refractivity contribution < 1.29 is 9.90 Å². The van der Waals surface area contributed by atoms with Crippen LogP contribution in [-0.4, -0.2) is 17.0 Å². The van der Waals surface area contributed by atoms with Gasteiger partial charge in [0.2, 0.25) is 0 Å². The fraction of sp³-hybridized carbons (Fsp3) is 0.750. The summed E-state index contributed by atoms with van der Waals surface area (Å²) in [4.78, 5) is 12.1. The number of rotatable bonds is 2. The number of aliphatic hydroxyl groups is 1. The highest BCUT2D eigenvalue weighted by molar-refractivity contribution is 5.95. The van der Waals surface area contributed by atoms with Crippen LogP contribution in [0.3, 0.4) is 0 Å². The highest BCUT2D eigenvalue weighted by atomic mass is 16.3. The van der Waals surface area contributed by atoms with E-state index in [1.807, 2.05) is 0 Å². The van der Waals surface area contributed by atoms with E-state index in [4.69, 9.17) is 0 Å². The second kappa shape index (κ2) is 5.33. The molecule has 0 spiro atoms. The molecule has 0 radical (unpaired) electrons. The van der Waals surface area contributed by atoms with E-state index < -0.39 is 6.10 Å². The molecule has 0 amide bonds. The first kappa shape index (κ1) is 16.0. The summed E-state index contributed by atoms with van der Waals surface area (Å²) >= 11 is 0. The predicted octanol–water partition coefficient (Wildman–Crippen LogP) is 4.29. The first-order valence-corrected chi connectivity index (χ1v) is 8.82. The molecule has 0 aromatic rings. The van der Waals surface area contributed by atoms with Gasteiger partial charge in [-0.3, -0.25) is 4.79 Å². The number of ketones is 1. The Bertz CT molecular complexity index is 528. The summed E-state index contributed by atoms with van der Waals surface area (Å²) in [6.07, 6.45) is 10.9. The summed E-state index contributed by atoms with van der Waals surface area (Å²) in [6.45, 7) is 9.50. The van der Waals surface area contributed by atoms with Crippen molar-refractivity contribution in [1.82, 2.24) is 0 Å². The molecule has 0 bridgehead atoms. The second-order valence-electron chi connectivity index (χ2n) is 8.73. The van der Waals surface area contributed by atoms with E-state index in [1.54, 1.807) is 12.2 Å². The maximum atomic E-state index is 12.1. The van der Waals surface area contributed by atoms with Crippen molar-refractivity contribution in [2.45, 2.75) is 65.9 Å². The molecule has 1 N–H and O–H groups in total. The van der Waals surface area contributed by atoms with Gasteiger partial charge < -0.3 is 5.11 Å². The van der Waals surface area contributed by atoms with Gasteiger partial charge in [0, 0.05) is 0 Å². The molecule has 0 heterocycles. The molecule has 122 valence electrons.